The Morgan fingerprint density at radius 2 is 2.25 bits per heavy atom. The maximum Gasteiger partial charge on any atom is 0.321 e. The summed E-state index contributed by atoms with van der Waals surface area (Å²) in [4.78, 5) is 14.0. The van der Waals surface area contributed by atoms with Gasteiger partial charge in [0.1, 0.15) is 0 Å². The van der Waals surface area contributed by atoms with Gasteiger partial charge in [0.05, 0.1) is 11.6 Å². The van der Waals surface area contributed by atoms with Gasteiger partial charge in [0, 0.05) is 24.8 Å². The highest BCUT2D eigenvalue weighted by Gasteiger charge is 2.20. The molecule has 0 aromatic heterocycles. The van der Waals surface area contributed by atoms with Crippen LogP contribution in [0.3, 0.4) is 0 Å². The third-order valence-corrected chi connectivity index (χ3v) is 3.54. The molecular formula is C15H20N4O. The normalized spacial score (nSPS) is 17.5. The Labute approximate surface area is 119 Å². The van der Waals surface area contributed by atoms with E-state index in [0.717, 1.165) is 19.5 Å². The largest absolute Gasteiger partial charge is 0.323 e. The van der Waals surface area contributed by atoms with E-state index < -0.39 is 0 Å². The summed E-state index contributed by atoms with van der Waals surface area (Å²) in [7, 11) is 0. The molecule has 1 saturated heterocycles. The van der Waals surface area contributed by atoms with Crippen molar-refractivity contribution in [1.29, 1.82) is 5.26 Å². The number of benzene rings is 1. The van der Waals surface area contributed by atoms with E-state index in [4.69, 9.17) is 5.26 Å². The zero-order valence-corrected chi connectivity index (χ0v) is 11.7. The number of nitrogens with one attached hydrogen (secondary N) is 2. The van der Waals surface area contributed by atoms with E-state index >= 15 is 0 Å². The number of amides is 2. The Morgan fingerprint density at radius 1 is 1.50 bits per heavy atom. The molecule has 20 heavy (non-hydrogen) atoms. The number of hydrogen-bond donors (Lipinski definition) is 2. The Bertz CT molecular complexity index is 486. The van der Waals surface area contributed by atoms with Gasteiger partial charge in [-0.25, -0.2) is 4.79 Å². The van der Waals surface area contributed by atoms with Crippen LogP contribution in [-0.2, 0) is 0 Å². The SMILES string of the molecule is CCN(CC1CCCN1)C(=O)Nc1ccc(C#N)cc1. The van der Waals surface area contributed by atoms with Gasteiger partial charge in [-0.1, -0.05) is 0 Å². The summed E-state index contributed by atoms with van der Waals surface area (Å²) in [5.74, 6) is 0. The average molecular weight is 272 g/mol. The molecule has 0 saturated carbocycles. The Balaban J connectivity index is 1.92. The first kappa shape index (κ1) is 14.4. The molecule has 2 N–H and O–H groups in total. The molecule has 0 bridgehead atoms. The number of nitrogens with zero attached hydrogens (tertiary/aromatic N) is 2. The van der Waals surface area contributed by atoms with Gasteiger partial charge in [-0.2, -0.15) is 5.26 Å². The summed E-state index contributed by atoms with van der Waals surface area (Å²) in [6, 6.07) is 9.26. The van der Waals surface area contributed by atoms with Gasteiger partial charge in [0.15, 0.2) is 0 Å². The summed E-state index contributed by atoms with van der Waals surface area (Å²) < 4.78 is 0. The van der Waals surface area contributed by atoms with Crippen LogP contribution in [0.5, 0.6) is 0 Å². The first-order chi connectivity index (χ1) is 9.72. The standard InChI is InChI=1S/C15H20N4O/c1-2-19(11-14-4-3-9-17-14)15(20)18-13-7-5-12(10-16)6-8-13/h5-8,14,17H,2-4,9,11H2,1H3,(H,18,20). The lowest BCUT2D eigenvalue weighted by Gasteiger charge is -2.24. The number of nitriles is 1. The molecule has 106 valence electrons. The van der Waals surface area contributed by atoms with Crippen molar-refractivity contribution in [2.75, 3.05) is 25.0 Å². The molecule has 5 nitrogen and oxygen atoms in total. The molecule has 1 fully saturated rings. The topological polar surface area (TPSA) is 68.2 Å². The van der Waals surface area contributed by atoms with E-state index in [0.29, 0.717) is 23.8 Å². The first-order valence-corrected chi connectivity index (χ1v) is 7.02. The van der Waals surface area contributed by atoms with Crippen molar-refractivity contribution in [2.24, 2.45) is 0 Å². The van der Waals surface area contributed by atoms with E-state index in [1.165, 1.54) is 6.42 Å². The predicted molar refractivity (Wildman–Crippen MR) is 78.4 cm³/mol. The molecule has 1 heterocycles. The van der Waals surface area contributed by atoms with Crippen molar-refractivity contribution in [2.45, 2.75) is 25.8 Å². The Morgan fingerprint density at radius 3 is 2.80 bits per heavy atom. The predicted octanol–water partition coefficient (Wildman–Crippen LogP) is 2.16. The van der Waals surface area contributed by atoms with E-state index in [1.807, 2.05) is 6.92 Å². The van der Waals surface area contributed by atoms with Gasteiger partial charge in [0.25, 0.3) is 0 Å². The fourth-order valence-corrected chi connectivity index (χ4v) is 2.36. The molecule has 0 aliphatic carbocycles. The number of carbonyl (C=O) groups excluding carboxylic acids is 1. The summed E-state index contributed by atoms with van der Waals surface area (Å²) >= 11 is 0. The molecule has 1 atom stereocenters. The summed E-state index contributed by atoms with van der Waals surface area (Å²) in [6.07, 6.45) is 2.31. The molecule has 0 spiro atoms. The molecule has 0 radical (unpaired) electrons. The molecule has 1 aromatic carbocycles. The summed E-state index contributed by atoms with van der Waals surface area (Å²) in [5.41, 5.74) is 1.30. The van der Waals surface area contributed by atoms with Crippen LogP contribution >= 0.6 is 0 Å². The molecule has 1 unspecified atom stereocenters. The molecule has 5 heteroatoms. The highest BCUT2D eigenvalue weighted by atomic mass is 16.2. The zero-order valence-electron chi connectivity index (χ0n) is 11.7. The molecule has 2 amide bonds. The monoisotopic (exact) mass is 272 g/mol. The average Bonchev–Trinajstić information content (AvgIpc) is 2.98. The highest BCUT2D eigenvalue weighted by molar-refractivity contribution is 5.89. The van der Waals surface area contributed by atoms with Crippen molar-refractivity contribution in [3.05, 3.63) is 29.8 Å². The number of urea groups is 1. The molecular weight excluding hydrogens is 252 g/mol. The van der Waals surface area contributed by atoms with Crippen LogP contribution < -0.4 is 10.6 Å². The van der Waals surface area contributed by atoms with Gasteiger partial charge in [-0.05, 0) is 50.6 Å². The van der Waals surface area contributed by atoms with Crippen LogP contribution in [-0.4, -0.2) is 36.6 Å². The number of carbonyl (C=O) groups is 1. The smallest absolute Gasteiger partial charge is 0.321 e. The minimum atomic E-state index is -0.0918. The van der Waals surface area contributed by atoms with Crippen LogP contribution in [0, 0.1) is 11.3 Å². The van der Waals surface area contributed by atoms with E-state index in [2.05, 4.69) is 16.7 Å². The maximum atomic E-state index is 12.2. The quantitative estimate of drug-likeness (QED) is 0.882. The second kappa shape index (κ2) is 6.92. The summed E-state index contributed by atoms with van der Waals surface area (Å²) in [6.45, 7) is 4.44. The number of likely N-dealkylation sites (N-methyl/N-ethyl adjacent to an activating group) is 1. The van der Waals surface area contributed by atoms with Gasteiger partial charge in [-0.3, -0.25) is 0 Å². The number of rotatable bonds is 4. The third-order valence-electron chi connectivity index (χ3n) is 3.54. The number of hydrogen-bond acceptors (Lipinski definition) is 3. The van der Waals surface area contributed by atoms with Crippen LogP contribution in [0.1, 0.15) is 25.3 Å². The summed E-state index contributed by atoms with van der Waals surface area (Å²) in [5, 5.41) is 15.0. The van der Waals surface area contributed by atoms with E-state index in [1.54, 1.807) is 29.2 Å². The van der Waals surface area contributed by atoms with Crippen molar-refractivity contribution in [3.8, 4) is 6.07 Å². The highest BCUT2D eigenvalue weighted by Crippen LogP contribution is 2.11. The Kier molecular flexibility index (Phi) is 4.97. The van der Waals surface area contributed by atoms with Crippen LogP contribution in [0.4, 0.5) is 10.5 Å². The van der Waals surface area contributed by atoms with Crippen molar-refractivity contribution in [3.63, 3.8) is 0 Å². The molecule has 1 aromatic rings. The van der Waals surface area contributed by atoms with Crippen LogP contribution in [0.2, 0.25) is 0 Å². The minimum Gasteiger partial charge on any atom is -0.323 e. The second-order valence-corrected chi connectivity index (χ2v) is 4.95. The van der Waals surface area contributed by atoms with E-state index in [-0.39, 0.29) is 6.03 Å². The Hall–Kier alpha value is -2.06. The molecule has 1 aliphatic heterocycles. The van der Waals surface area contributed by atoms with Gasteiger partial charge in [0.2, 0.25) is 0 Å². The lowest BCUT2D eigenvalue weighted by Crippen LogP contribution is -2.43. The van der Waals surface area contributed by atoms with Crippen LogP contribution in [0.25, 0.3) is 0 Å². The van der Waals surface area contributed by atoms with Crippen molar-refractivity contribution >= 4 is 11.7 Å². The lowest BCUT2D eigenvalue weighted by atomic mass is 10.2. The maximum absolute atomic E-state index is 12.2. The van der Waals surface area contributed by atoms with E-state index in [9.17, 15) is 4.79 Å². The molecule has 1 aliphatic rings. The fraction of sp³-hybridized carbons (Fsp3) is 0.467. The van der Waals surface area contributed by atoms with Gasteiger partial charge < -0.3 is 15.5 Å². The van der Waals surface area contributed by atoms with Gasteiger partial charge in [-0.15, -0.1) is 0 Å². The van der Waals surface area contributed by atoms with Gasteiger partial charge >= 0.3 is 6.03 Å². The zero-order chi connectivity index (χ0) is 14.4. The third kappa shape index (κ3) is 3.72. The fourth-order valence-electron chi connectivity index (χ4n) is 2.36. The molecule has 2 rings (SSSR count). The minimum absolute atomic E-state index is 0.0918. The van der Waals surface area contributed by atoms with Crippen LogP contribution in [0.15, 0.2) is 24.3 Å². The second-order valence-electron chi connectivity index (χ2n) is 4.95. The lowest BCUT2D eigenvalue weighted by molar-refractivity contribution is 0.209. The van der Waals surface area contributed by atoms with Crippen molar-refractivity contribution in [1.82, 2.24) is 10.2 Å². The number of anilines is 1. The first-order valence-electron chi connectivity index (χ1n) is 7.02. The van der Waals surface area contributed by atoms with Crippen molar-refractivity contribution < 1.29 is 4.79 Å².